The van der Waals surface area contributed by atoms with E-state index in [4.69, 9.17) is 11.6 Å². The first kappa shape index (κ1) is 25.7. The topological polar surface area (TPSA) is 49.4 Å². The van der Waals surface area contributed by atoms with Gasteiger partial charge in [0.25, 0.3) is 5.91 Å². The zero-order chi connectivity index (χ0) is 26.5. The number of piperidine rings is 1. The Morgan fingerprint density at radius 3 is 1.97 bits per heavy atom. The predicted octanol–water partition coefficient (Wildman–Crippen LogP) is 6.64. The third kappa shape index (κ3) is 5.48. The largest absolute Gasteiger partial charge is 0.351 e. The number of nitrogens with zero attached hydrogens (tertiary/aromatic N) is 1. The van der Waals surface area contributed by atoms with Crippen LogP contribution in [0.2, 0.25) is 5.02 Å². The van der Waals surface area contributed by atoms with Gasteiger partial charge in [0.15, 0.2) is 0 Å². The fourth-order valence-electron chi connectivity index (χ4n) is 5.08. The number of hydrogen-bond acceptors (Lipinski definition) is 2. The molecule has 2 amide bonds. The van der Waals surface area contributed by atoms with Crippen LogP contribution in [0.5, 0.6) is 0 Å². The molecular formula is C32H28ClFN2O2. The Labute approximate surface area is 227 Å². The van der Waals surface area contributed by atoms with E-state index in [9.17, 15) is 14.0 Å². The number of likely N-dealkylation sites (tertiary alicyclic amines) is 1. The van der Waals surface area contributed by atoms with Crippen LogP contribution in [0.3, 0.4) is 0 Å². The molecule has 0 aromatic heterocycles. The molecule has 192 valence electrons. The Hall–Kier alpha value is -3.96. The number of hydrogen-bond donors (Lipinski definition) is 1. The van der Waals surface area contributed by atoms with Gasteiger partial charge in [-0.3, -0.25) is 9.59 Å². The van der Waals surface area contributed by atoms with Crippen LogP contribution in [-0.2, 0) is 16.8 Å². The Balaban J connectivity index is 1.29. The summed E-state index contributed by atoms with van der Waals surface area (Å²) in [5, 5.41) is 3.78. The van der Waals surface area contributed by atoms with Crippen LogP contribution in [0, 0.1) is 5.82 Å². The molecule has 4 aromatic rings. The van der Waals surface area contributed by atoms with E-state index in [0.29, 0.717) is 43.1 Å². The molecule has 0 aliphatic carbocycles. The second-order valence-electron chi connectivity index (χ2n) is 9.63. The highest BCUT2D eigenvalue weighted by atomic mass is 35.5. The fraction of sp³-hybridized carbons (Fsp3) is 0.188. The molecule has 6 heteroatoms. The summed E-state index contributed by atoms with van der Waals surface area (Å²) < 4.78 is 13.2. The molecule has 4 nitrogen and oxygen atoms in total. The number of carbonyl (C=O) groups is 2. The standard InChI is InChI=1S/C32H28ClFN2O2/c33-28-14-6-23(7-15-28)22-35-31(38)32(27-4-2-1-3-5-27)18-20-36(21-19-32)30(37)26-10-8-24(9-11-26)25-12-16-29(34)17-13-25/h1-17H,18-22H2,(H,35,38). The second kappa shape index (κ2) is 11.2. The number of amides is 2. The van der Waals surface area contributed by atoms with Gasteiger partial charge in [-0.25, -0.2) is 4.39 Å². The van der Waals surface area contributed by atoms with Crippen molar-refractivity contribution in [2.75, 3.05) is 13.1 Å². The zero-order valence-corrected chi connectivity index (χ0v) is 21.6. The number of carbonyl (C=O) groups excluding carboxylic acids is 2. The van der Waals surface area contributed by atoms with Crippen molar-refractivity contribution in [1.29, 1.82) is 0 Å². The maximum absolute atomic E-state index is 13.6. The molecule has 5 rings (SSSR count). The first-order valence-electron chi connectivity index (χ1n) is 12.7. The van der Waals surface area contributed by atoms with Gasteiger partial charge >= 0.3 is 0 Å². The lowest BCUT2D eigenvalue weighted by molar-refractivity contribution is -0.128. The van der Waals surface area contributed by atoms with Gasteiger partial charge in [-0.1, -0.05) is 78.3 Å². The quantitative estimate of drug-likeness (QED) is 0.306. The van der Waals surface area contributed by atoms with Crippen LogP contribution in [0.15, 0.2) is 103 Å². The third-order valence-electron chi connectivity index (χ3n) is 7.34. The summed E-state index contributed by atoms with van der Waals surface area (Å²) in [4.78, 5) is 28.8. The molecule has 1 N–H and O–H groups in total. The van der Waals surface area contributed by atoms with Gasteiger partial charge in [0.2, 0.25) is 5.91 Å². The van der Waals surface area contributed by atoms with Crippen molar-refractivity contribution in [2.24, 2.45) is 0 Å². The van der Waals surface area contributed by atoms with E-state index in [2.05, 4.69) is 5.32 Å². The Morgan fingerprint density at radius 1 is 0.789 bits per heavy atom. The summed E-state index contributed by atoms with van der Waals surface area (Å²) in [7, 11) is 0. The summed E-state index contributed by atoms with van der Waals surface area (Å²) in [6.45, 7) is 1.36. The minimum Gasteiger partial charge on any atom is -0.351 e. The van der Waals surface area contributed by atoms with Gasteiger partial charge in [-0.15, -0.1) is 0 Å². The predicted molar refractivity (Wildman–Crippen MR) is 148 cm³/mol. The lowest BCUT2D eigenvalue weighted by atomic mass is 9.72. The number of benzene rings is 4. The minimum atomic E-state index is -0.711. The Bertz CT molecular complexity index is 1400. The second-order valence-corrected chi connectivity index (χ2v) is 10.1. The van der Waals surface area contributed by atoms with Crippen molar-refractivity contribution in [1.82, 2.24) is 10.2 Å². The molecule has 0 unspecified atom stereocenters. The SMILES string of the molecule is O=C(c1ccc(-c2ccc(F)cc2)cc1)N1CCC(C(=O)NCc2ccc(Cl)cc2)(c2ccccc2)CC1. The first-order valence-corrected chi connectivity index (χ1v) is 13.1. The molecular weight excluding hydrogens is 499 g/mol. The molecule has 0 saturated carbocycles. The number of nitrogens with one attached hydrogen (secondary N) is 1. The molecule has 0 radical (unpaired) electrons. The van der Waals surface area contributed by atoms with Crippen LogP contribution in [0.25, 0.3) is 11.1 Å². The van der Waals surface area contributed by atoms with E-state index < -0.39 is 5.41 Å². The van der Waals surface area contributed by atoms with Gasteiger partial charge in [0, 0.05) is 30.2 Å². The van der Waals surface area contributed by atoms with E-state index in [-0.39, 0.29) is 17.6 Å². The maximum Gasteiger partial charge on any atom is 0.253 e. The van der Waals surface area contributed by atoms with E-state index in [1.54, 1.807) is 24.3 Å². The molecule has 0 bridgehead atoms. The summed E-state index contributed by atoms with van der Waals surface area (Å²) in [5.74, 6) is -0.371. The molecule has 4 aromatic carbocycles. The highest BCUT2D eigenvalue weighted by Gasteiger charge is 2.43. The van der Waals surface area contributed by atoms with Crippen molar-refractivity contribution in [2.45, 2.75) is 24.8 Å². The monoisotopic (exact) mass is 526 g/mol. The van der Waals surface area contributed by atoms with Crippen LogP contribution < -0.4 is 5.32 Å². The van der Waals surface area contributed by atoms with E-state index in [0.717, 1.165) is 22.3 Å². The summed E-state index contributed by atoms with van der Waals surface area (Å²) in [6, 6.07) is 30.9. The maximum atomic E-state index is 13.6. The van der Waals surface area contributed by atoms with E-state index >= 15 is 0 Å². The number of rotatable bonds is 6. The molecule has 38 heavy (non-hydrogen) atoms. The minimum absolute atomic E-state index is 0.0330. The molecule has 1 heterocycles. The van der Waals surface area contributed by atoms with Gasteiger partial charge in [0.05, 0.1) is 5.41 Å². The van der Waals surface area contributed by atoms with Crippen molar-refractivity contribution >= 4 is 23.4 Å². The van der Waals surface area contributed by atoms with Crippen molar-refractivity contribution < 1.29 is 14.0 Å². The Kier molecular flexibility index (Phi) is 7.57. The molecule has 1 saturated heterocycles. The normalized spacial score (nSPS) is 14.6. The molecule has 1 aliphatic rings. The molecule has 0 spiro atoms. The average Bonchev–Trinajstić information content (AvgIpc) is 2.97. The van der Waals surface area contributed by atoms with Crippen molar-refractivity contribution in [3.63, 3.8) is 0 Å². The van der Waals surface area contributed by atoms with Crippen molar-refractivity contribution in [3.8, 4) is 11.1 Å². The molecule has 1 aliphatic heterocycles. The van der Waals surface area contributed by atoms with E-state index in [1.807, 2.05) is 71.6 Å². The van der Waals surface area contributed by atoms with Crippen LogP contribution in [-0.4, -0.2) is 29.8 Å². The summed E-state index contributed by atoms with van der Waals surface area (Å²) in [5.41, 5.74) is 3.63. The van der Waals surface area contributed by atoms with Gasteiger partial charge < -0.3 is 10.2 Å². The Morgan fingerprint density at radius 2 is 1.37 bits per heavy atom. The highest BCUT2D eigenvalue weighted by Crippen LogP contribution is 2.36. The molecule has 1 fully saturated rings. The number of halogens is 2. The summed E-state index contributed by atoms with van der Waals surface area (Å²) in [6.07, 6.45) is 1.06. The lowest BCUT2D eigenvalue weighted by Crippen LogP contribution is -2.52. The van der Waals surface area contributed by atoms with E-state index in [1.165, 1.54) is 12.1 Å². The average molecular weight is 527 g/mol. The summed E-state index contributed by atoms with van der Waals surface area (Å²) >= 11 is 5.99. The van der Waals surface area contributed by atoms with Gasteiger partial charge in [-0.05, 0) is 71.5 Å². The smallest absolute Gasteiger partial charge is 0.253 e. The van der Waals surface area contributed by atoms with Gasteiger partial charge in [-0.2, -0.15) is 0 Å². The highest BCUT2D eigenvalue weighted by molar-refractivity contribution is 6.30. The lowest BCUT2D eigenvalue weighted by Gasteiger charge is -2.41. The van der Waals surface area contributed by atoms with Crippen molar-refractivity contribution in [3.05, 3.63) is 131 Å². The fourth-order valence-corrected chi connectivity index (χ4v) is 5.21. The van der Waals surface area contributed by atoms with Crippen LogP contribution in [0.4, 0.5) is 4.39 Å². The first-order chi connectivity index (χ1) is 18.4. The van der Waals surface area contributed by atoms with Gasteiger partial charge in [0.1, 0.15) is 5.82 Å². The van der Waals surface area contributed by atoms with Crippen LogP contribution >= 0.6 is 11.6 Å². The van der Waals surface area contributed by atoms with Crippen LogP contribution in [0.1, 0.15) is 34.3 Å². The molecule has 0 atom stereocenters. The zero-order valence-electron chi connectivity index (χ0n) is 20.9. The third-order valence-corrected chi connectivity index (χ3v) is 7.59.